The zero-order valence-electron chi connectivity index (χ0n) is 10.4. The van der Waals surface area contributed by atoms with Gasteiger partial charge in [0.05, 0.1) is 6.04 Å². The minimum Gasteiger partial charge on any atom is -0.385 e. The molecule has 0 heterocycles. The second-order valence-corrected chi connectivity index (χ2v) is 4.55. The number of ether oxygens (including phenoxy) is 1. The molecule has 1 unspecified atom stereocenters. The molecule has 1 saturated carbocycles. The van der Waals surface area contributed by atoms with Gasteiger partial charge in [0, 0.05) is 19.8 Å². The number of halogens is 3. The summed E-state index contributed by atoms with van der Waals surface area (Å²) in [5, 5.41) is 0. The van der Waals surface area contributed by atoms with Crippen molar-refractivity contribution in [3.63, 3.8) is 0 Å². The van der Waals surface area contributed by atoms with E-state index in [-0.39, 0.29) is 6.04 Å². The number of carbonyl (C=O) groups excluding carboxylic acids is 1. The molecule has 1 aliphatic carbocycles. The first kappa shape index (κ1) is 15.2. The molecule has 0 aromatic rings. The van der Waals surface area contributed by atoms with Gasteiger partial charge in [0.25, 0.3) is 0 Å². The first-order valence-corrected chi connectivity index (χ1v) is 5.97. The van der Waals surface area contributed by atoms with E-state index in [1.807, 2.05) is 0 Å². The lowest BCUT2D eigenvalue weighted by molar-refractivity contribution is -0.163. The van der Waals surface area contributed by atoms with Crippen molar-refractivity contribution in [1.29, 1.82) is 0 Å². The Hall–Kier alpha value is -0.820. The number of alkyl halides is 3. The summed E-state index contributed by atoms with van der Waals surface area (Å²) in [7, 11) is 1.52. The van der Waals surface area contributed by atoms with Gasteiger partial charge in [-0.25, -0.2) is 0 Å². The third-order valence-electron chi connectivity index (χ3n) is 2.80. The molecule has 18 heavy (non-hydrogen) atoms. The molecule has 7 heteroatoms. The molecule has 0 aromatic carbocycles. The van der Waals surface area contributed by atoms with Crippen LogP contribution in [0.25, 0.3) is 0 Å². The molecule has 1 amide bonds. The van der Waals surface area contributed by atoms with E-state index in [1.54, 1.807) is 0 Å². The van der Waals surface area contributed by atoms with Gasteiger partial charge in [-0.3, -0.25) is 4.79 Å². The van der Waals surface area contributed by atoms with Crippen LogP contribution in [-0.4, -0.2) is 49.3 Å². The highest BCUT2D eigenvalue weighted by Gasteiger charge is 2.41. The minimum absolute atomic E-state index is 0.285. The summed E-state index contributed by atoms with van der Waals surface area (Å²) < 4.78 is 41.9. The van der Waals surface area contributed by atoms with Crippen molar-refractivity contribution in [2.45, 2.75) is 43.9 Å². The molecule has 0 bridgehead atoms. The number of carbonyl (C=O) groups is 1. The van der Waals surface area contributed by atoms with Crippen LogP contribution >= 0.6 is 0 Å². The Morgan fingerprint density at radius 1 is 1.50 bits per heavy atom. The quantitative estimate of drug-likeness (QED) is 0.708. The van der Waals surface area contributed by atoms with E-state index in [4.69, 9.17) is 10.5 Å². The van der Waals surface area contributed by atoms with Crippen LogP contribution < -0.4 is 5.73 Å². The van der Waals surface area contributed by atoms with E-state index in [0.717, 1.165) is 4.90 Å². The average molecular weight is 268 g/mol. The van der Waals surface area contributed by atoms with E-state index >= 15 is 0 Å². The van der Waals surface area contributed by atoms with Crippen molar-refractivity contribution >= 4 is 5.91 Å². The molecular formula is C11H19F3N2O2. The zero-order valence-corrected chi connectivity index (χ0v) is 10.4. The van der Waals surface area contributed by atoms with Gasteiger partial charge in [-0.05, 0) is 25.7 Å². The molecule has 0 aromatic heterocycles. The maximum atomic E-state index is 12.4. The fourth-order valence-electron chi connectivity index (χ4n) is 1.75. The minimum atomic E-state index is -4.37. The first-order valence-electron chi connectivity index (χ1n) is 5.97. The Balaban J connectivity index is 2.48. The smallest absolute Gasteiger partial charge is 0.385 e. The summed E-state index contributed by atoms with van der Waals surface area (Å²) in [6.45, 7) is -0.752. The molecule has 106 valence electrons. The van der Waals surface area contributed by atoms with E-state index in [2.05, 4.69) is 0 Å². The van der Waals surface area contributed by atoms with Crippen LogP contribution in [0.5, 0.6) is 0 Å². The molecule has 1 fully saturated rings. The predicted octanol–water partition coefficient (Wildman–Crippen LogP) is 1.29. The Labute approximate surface area is 104 Å². The van der Waals surface area contributed by atoms with E-state index in [1.165, 1.54) is 7.11 Å². The number of nitrogens with zero attached hydrogens (tertiary/aromatic N) is 1. The van der Waals surface area contributed by atoms with Crippen molar-refractivity contribution in [1.82, 2.24) is 4.90 Å². The lowest BCUT2D eigenvalue weighted by Crippen LogP contribution is -2.48. The molecule has 0 aliphatic heterocycles. The number of rotatable bonds is 7. The topological polar surface area (TPSA) is 55.6 Å². The van der Waals surface area contributed by atoms with Gasteiger partial charge < -0.3 is 15.4 Å². The van der Waals surface area contributed by atoms with Crippen LogP contribution in [0.1, 0.15) is 25.7 Å². The van der Waals surface area contributed by atoms with Gasteiger partial charge in [-0.2, -0.15) is 13.2 Å². The largest absolute Gasteiger partial charge is 0.406 e. The van der Waals surface area contributed by atoms with Gasteiger partial charge in [0.15, 0.2) is 0 Å². The molecule has 1 aliphatic rings. The third-order valence-corrected chi connectivity index (χ3v) is 2.80. The lowest BCUT2D eigenvalue weighted by Gasteiger charge is -2.26. The number of nitrogens with two attached hydrogens (primary N) is 1. The predicted molar refractivity (Wildman–Crippen MR) is 59.9 cm³/mol. The van der Waals surface area contributed by atoms with Crippen molar-refractivity contribution in [3.8, 4) is 0 Å². The second kappa shape index (κ2) is 6.38. The van der Waals surface area contributed by atoms with Gasteiger partial charge >= 0.3 is 6.18 Å². The first-order chi connectivity index (χ1) is 8.35. The standard InChI is InChI=1S/C11H19F3N2O2/c1-18-6-2-3-9(15)10(17)16(8-4-5-8)7-11(12,13)14/h8-9H,2-7,15H2,1H3. The molecule has 4 nitrogen and oxygen atoms in total. The van der Waals surface area contributed by atoms with Crippen LogP contribution in [0.15, 0.2) is 0 Å². The SMILES string of the molecule is COCCCC(N)C(=O)N(CC(F)(F)F)C1CC1. The van der Waals surface area contributed by atoms with Crippen molar-refractivity contribution in [3.05, 3.63) is 0 Å². The van der Waals surface area contributed by atoms with Gasteiger partial charge in [-0.1, -0.05) is 0 Å². The monoisotopic (exact) mass is 268 g/mol. The Bertz CT molecular complexity index is 280. The fraction of sp³-hybridized carbons (Fsp3) is 0.909. The summed E-state index contributed by atoms with van der Waals surface area (Å²) in [6.07, 6.45) is -2.20. The van der Waals surface area contributed by atoms with E-state index in [0.29, 0.717) is 32.3 Å². The normalized spacial score (nSPS) is 17.6. The number of hydrogen-bond acceptors (Lipinski definition) is 3. The van der Waals surface area contributed by atoms with E-state index < -0.39 is 24.7 Å². The van der Waals surface area contributed by atoms with Crippen molar-refractivity contribution < 1.29 is 22.7 Å². The Morgan fingerprint density at radius 3 is 2.56 bits per heavy atom. The summed E-state index contributed by atoms with van der Waals surface area (Å²) in [6, 6.07) is -1.16. The maximum absolute atomic E-state index is 12.4. The number of hydrogen-bond donors (Lipinski definition) is 1. The average Bonchev–Trinajstić information content (AvgIpc) is 3.07. The van der Waals surface area contributed by atoms with Crippen LogP contribution in [0, 0.1) is 0 Å². The highest BCUT2D eigenvalue weighted by atomic mass is 19.4. The summed E-state index contributed by atoms with van der Waals surface area (Å²) in [5.74, 6) is -0.606. The maximum Gasteiger partial charge on any atom is 0.406 e. The van der Waals surface area contributed by atoms with Crippen LogP contribution in [0.3, 0.4) is 0 Å². The summed E-state index contributed by atoms with van der Waals surface area (Å²) >= 11 is 0. The Morgan fingerprint density at radius 2 is 2.11 bits per heavy atom. The van der Waals surface area contributed by atoms with Crippen molar-refractivity contribution in [2.24, 2.45) is 5.73 Å². The number of methoxy groups -OCH3 is 1. The van der Waals surface area contributed by atoms with Crippen LogP contribution in [-0.2, 0) is 9.53 Å². The molecule has 0 spiro atoms. The van der Waals surface area contributed by atoms with Crippen LogP contribution in [0.2, 0.25) is 0 Å². The van der Waals surface area contributed by atoms with Gasteiger partial charge in [0.1, 0.15) is 6.54 Å². The highest BCUT2D eigenvalue weighted by Crippen LogP contribution is 2.30. The summed E-state index contributed by atoms with van der Waals surface area (Å²) in [4.78, 5) is 12.7. The van der Waals surface area contributed by atoms with Crippen molar-refractivity contribution in [2.75, 3.05) is 20.3 Å². The van der Waals surface area contributed by atoms with Gasteiger partial charge in [0.2, 0.25) is 5.91 Å². The third kappa shape index (κ3) is 5.22. The summed E-state index contributed by atoms with van der Waals surface area (Å²) in [5.41, 5.74) is 5.63. The molecule has 0 radical (unpaired) electrons. The zero-order chi connectivity index (χ0) is 13.8. The Kier molecular flexibility index (Phi) is 5.40. The lowest BCUT2D eigenvalue weighted by atomic mass is 10.1. The molecule has 2 N–H and O–H groups in total. The van der Waals surface area contributed by atoms with Crippen LogP contribution in [0.4, 0.5) is 13.2 Å². The molecule has 1 atom stereocenters. The van der Waals surface area contributed by atoms with E-state index in [9.17, 15) is 18.0 Å². The molecular weight excluding hydrogens is 249 g/mol. The molecule has 1 rings (SSSR count). The number of amides is 1. The fourth-order valence-corrected chi connectivity index (χ4v) is 1.75. The molecule has 0 saturated heterocycles. The van der Waals surface area contributed by atoms with Gasteiger partial charge in [-0.15, -0.1) is 0 Å². The second-order valence-electron chi connectivity index (χ2n) is 4.55. The highest BCUT2D eigenvalue weighted by molar-refractivity contribution is 5.82.